The number of carbonyl (C=O) groups excluding carboxylic acids is 1. The van der Waals surface area contributed by atoms with Gasteiger partial charge in [-0.2, -0.15) is 0 Å². The summed E-state index contributed by atoms with van der Waals surface area (Å²) in [5.74, 6) is 0. The molecule has 0 aromatic carbocycles. The van der Waals surface area contributed by atoms with Gasteiger partial charge in [-0.25, -0.2) is 4.79 Å². The Hall–Kier alpha value is -0.810. The second kappa shape index (κ2) is 5.50. The van der Waals surface area contributed by atoms with Crippen molar-refractivity contribution in [2.45, 2.75) is 32.5 Å². The Morgan fingerprint density at radius 2 is 2.19 bits per heavy atom. The van der Waals surface area contributed by atoms with E-state index < -0.39 is 5.60 Å². The third-order valence-corrected chi connectivity index (χ3v) is 2.14. The second-order valence-electron chi connectivity index (χ2n) is 4.87. The van der Waals surface area contributed by atoms with Crippen LogP contribution in [-0.4, -0.2) is 56.1 Å². The first-order valence-electron chi connectivity index (χ1n) is 5.51. The smallest absolute Gasteiger partial charge is 0.410 e. The van der Waals surface area contributed by atoms with Gasteiger partial charge in [0.1, 0.15) is 5.60 Å². The third-order valence-electron chi connectivity index (χ3n) is 2.14. The molecule has 0 aliphatic carbocycles. The van der Waals surface area contributed by atoms with E-state index in [1.165, 1.54) is 0 Å². The van der Waals surface area contributed by atoms with Crippen molar-refractivity contribution in [1.82, 2.24) is 4.90 Å². The number of methoxy groups -OCH3 is 1. The molecule has 1 rings (SSSR count). The highest BCUT2D eigenvalue weighted by molar-refractivity contribution is 5.68. The molecule has 0 spiro atoms. The van der Waals surface area contributed by atoms with Gasteiger partial charge in [0.2, 0.25) is 0 Å². The molecule has 1 atom stereocenters. The van der Waals surface area contributed by atoms with Crippen molar-refractivity contribution in [3.63, 3.8) is 0 Å². The van der Waals surface area contributed by atoms with Crippen molar-refractivity contribution in [3.05, 3.63) is 0 Å². The lowest BCUT2D eigenvalue weighted by atomic mass is 10.2. The first kappa shape index (κ1) is 13.3. The molecular formula is C11H21NO4. The van der Waals surface area contributed by atoms with Crippen molar-refractivity contribution in [1.29, 1.82) is 0 Å². The van der Waals surface area contributed by atoms with Crippen molar-refractivity contribution in [3.8, 4) is 0 Å². The summed E-state index contributed by atoms with van der Waals surface area (Å²) in [6, 6.07) is 0. The average Bonchev–Trinajstić information content (AvgIpc) is 2.16. The van der Waals surface area contributed by atoms with Crippen molar-refractivity contribution in [2.75, 3.05) is 33.4 Å². The highest BCUT2D eigenvalue weighted by Gasteiger charge is 2.27. The molecule has 0 unspecified atom stereocenters. The van der Waals surface area contributed by atoms with E-state index in [0.717, 1.165) is 0 Å². The molecule has 0 radical (unpaired) electrons. The van der Waals surface area contributed by atoms with E-state index in [0.29, 0.717) is 26.3 Å². The van der Waals surface area contributed by atoms with Gasteiger partial charge < -0.3 is 19.1 Å². The van der Waals surface area contributed by atoms with Crippen LogP contribution in [0.4, 0.5) is 4.79 Å². The fourth-order valence-electron chi connectivity index (χ4n) is 1.50. The molecule has 5 nitrogen and oxygen atoms in total. The zero-order valence-corrected chi connectivity index (χ0v) is 10.5. The number of carbonyl (C=O) groups is 1. The lowest BCUT2D eigenvalue weighted by molar-refractivity contribution is -0.0658. The summed E-state index contributed by atoms with van der Waals surface area (Å²) in [6.45, 7) is 7.72. The summed E-state index contributed by atoms with van der Waals surface area (Å²) in [6.07, 6.45) is -0.330. The van der Waals surface area contributed by atoms with Crippen LogP contribution in [0.25, 0.3) is 0 Å². The SMILES string of the molecule is COC[C@@H]1CN(C(=O)OC(C)(C)C)CCO1. The Morgan fingerprint density at radius 1 is 1.50 bits per heavy atom. The summed E-state index contributed by atoms with van der Waals surface area (Å²) in [5.41, 5.74) is -0.452. The van der Waals surface area contributed by atoms with Crippen molar-refractivity contribution in [2.24, 2.45) is 0 Å². The number of amides is 1. The summed E-state index contributed by atoms with van der Waals surface area (Å²) >= 11 is 0. The molecule has 0 saturated carbocycles. The molecule has 1 amide bonds. The van der Waals surface area contributed by atoms with Crippen LogP contribution in [0.5, 0.6) is 0 Å². The van der Waals surface area contributed by atoms with E-state index in [-0.39, 0.29) is 12.2 Å². The van der Waals surface area contributed by atoms with Crippen LogP contribution in [0.15, 0.2) is 0 Å². The highest BCUT2D eigenvalue weighted by Crippen LogP contribution is 2.13. The minimum atomic E-state index is -0.452. The van der Waals surface area contributed by atoms with Crippen molar-refractivity contribution < 1.29 is 19.0 Å². The quantitative estimate of drug-likeness (QED) is 0.718. The van der Waals surface area contributed by atoms with Crippen LogP contribution < -0.4 is 0 Å². The molecule has 0 bridgehead atoms. The fraction of sp³-hybridized carbons (Fsp3) is 0.909. The van der Waals surface area contributed by atoms with Crippen LogP contribution in [0.2, 0.25) is 0 Å². The van der Waals surface area contributed by atoms with Gasteiger partial charge >= 0.3 is 6.09 Å². The van der Waals surface area contributed by atoms with Crippen LogP contribution in [-0.2, 0) is 14.2 Å². The maximum atomic E-state index is 11.8. The highest BCUT2D eigenvalue weighted by atomic mass is 16.6. The van der Waals surface area contributed by atoms with E-state index >= 15 is 0 Å². The molecule has 0 aromatic rings. The predicted octanol–water partition coefficient (Wildman–Crippen LogP) is 1.27. The third kappa shape index (κ3) is 4.37. The molecule has 1 aliphatic rings. The second-order valence-corrected chi connectivity index (χ2v) is 4.87. The van der Waals surface area contributed by atoms with Gasteiger partial charge in [0.25, 0.3) is 0 Å². The fourth-order valence-corrected chi connectivity index (χ4v) is 1.50. The molecule has 1 heterocycles. The number of morpholine rings is 1. The Balaban J connectivity index is 2.44. The van der Waals surface area contributed by atoms with Gasteiger partial charge in [-0.15, -0.1) is 0 Å². The van der Waals surface area contributed by atoms with Crippen LogP contribution in [0.3, 0.4) is 0 Å². The molecule has 0 N–H and O–H groups in total. The van der Waals surface area contributed by atoms with Gasteiger partial charge in [-0.3, -0.25) is 0 Å². The first-order valence-corrected chi connectivity index (χ1v) is 5.51. The van der Waals surface area contributed by atoms with Crippen LogP contribution >= 0.6 is 0 Å². The van der Waals surface area contributed by atoms with Gasteiger partial charge in [-0.05, 0) is 20.8 Å². The normalized spacial score (nSPS) is 22.0. The maximum absolute atomic E-state index is 11.8. The number of rotatable bonds is 2. The van der Waals surface area contributed by atoms with Crippen LogP contribution in [0.1, 0.15) is 20.8 Å². The zero-order chi connectivity index (χ0) is 12.2. The number of hydrogen-bond acceptors (Lipinski definition) is 4. The van der Waals surface area contributed by atoms with Gasteiger partial charge in [0, 0.05) is 13.7 Å². The first-order chi connectivity index (χ1) is 7.42. The monoisotopic (exact) mass is 231 g/mol. The van der Waals surface area contributed by atoms with E-state index in [1.807, 2.05) is 20.8 Å². The van der Waals surface area contributed by atoms with E-state index in [4.69, 9.17) is 14.2 Å². The maximum Gasteiger partial charge on any atom is 0.410 e. The lowest BCUT2D eigenvalue weighted by Crippen LogP contribution is -2.48. The summed E-state index contributed by atoms with van der Waals surface area (Å²) in [7, 11) is 1.62. The summed E-state index contributed by atoms with van der Waals surface area (Å²) in [5, 5.41) is 0. The van der Waals surface area contributed by atoms with E-state index in [2.05, 4.69) is 0 Å². The Bertz CT molecular complexity index is 235. The summed E-state index contributed by atoms with van der Waals surface area (Å²) < 4.78 is 15.8. The topological polar surface area (TPSA) is 48.0 Å². The van der Waals surface area contributed by atoms with Gasteiger partial charge in [0.05, 0.1) is 25.9 Å². The molecule has 1 saturated heterocycles. The molecule has 1 aliphatic heterocycles. The number of nitrogens with zero attached hydrogens (tertiary/aromatic N) is 1. The molecule has 94 valence electrons. The molecular weight excluding hydrogens is 210 g/mol. The minimum absolute atomic E-state index is 0.0498. The summed E-state index contributed by atoms with van der Waals surface area (Å²) in [4.78, 5) is 13.4. The standard InChI is InChI=1S/C11H21NO4/c1-11(2,3)16-10(13)12-5-6-15-9(7-12)8-14-4/h9H,5-8H2,1-4H3/t9-/m0/s1. The van der Waals surface area contributed by atoms with Gasteiger partial charge in [-0.1, -0.05) is 0 Å². The van der Waals surface area contributed by atoms with Crippen molar-refractivity contribution >= 4 is 6.09 Å². The van der Waals surface area contributed by atoms with Gasteiger partial charge in [0.15, 0.2) is 0 Å². The molecule has 5 heteroatoms. The average molecular weight is 231 g/mol. The number of ether oxygens (including phenoxy) is 3. The van der Waals surface area contributed by atoms with E-state index in [1.54, 1.807) is 12.0 Å². The predicted molar refractivity (Wildman–Crippen MR) is 59.4 cm³/mol. The Kier molecular flexibility index (Phi) is 4.56. The Morgan fingerprint density at radius 3 is 2.75 bits per heavy atom. The zero-order valence-electron chi connectivity index (χ0n) is 10.5. The molecule has 1 fully saturated rings. The van der Waals surface area contributed by atoms with E-state index in [9.17, 15) is 4.79 Å². The molecule has 0 aromatic heterocycles. The van der Waals surface area contributed by atoms with Crippen LogP contribution in [0, 0.1) is 0 Å². The largest absolute Gasteiger partial charge is 0.444 e. The molecule has 16 heavy (non-hydrogen) atoms. The number of hydrogen-bond donors (Lipinski definition) is 0. The minimum Gasteiger partial charge on any atom is -0.444 e. The Labute approximate surface area is 96.6 Å². The lowest BCUT2D eigenvalue weighted by Gasteiger charge is -2.33.